The molecule has 31 heavy (non-hydrogen) atoms. The average molecular weight is 443 g/mol. The number of methoxy groups -OCH3 is 1. The number of nitro benzene ring substituents is 1. The molecule has 0 atom stereocenters. The number of ether oxygens (including phenoxy) is 2. The molecule has 0 radical (unpaired) electrons. The van der Waals surface area contributed by atoms with Gasteiger partial charge in [-0.2, -0.15) is 0 Å². The van der Waals surface area contributed by atoms with Crippen LogP contribution in [0, 0.1) is 10.1 Å². The number of nitrogens with one attached hydrogen (secondary N) is 2. The zero-order chi connectivity index (χ0) is 22.3. The Kier molecular flexibility index (Phi) is 6.93. The van der Waals surface area contributed by atoms with E-state index in [1.807, 2.05) is 18.2 Å². The van der Waals surface area contributed by atoms with Crippen LogP contribution in [0.15, 0.2) is 77.7 Å². The lowest BCUT2D eigenvalue weighted by Gasteiger charge is -2.11. The van der Waals surface area contributed by atoms with E-state index in [-0.39, 0.29) is 22.9 Å². The number of anilines is 2. The normalized spacial score (nSPS) is 10.9. The summed E-state index contributed by atoms with van der Waals surface area (Å²) in [7, 11) is -2.51. The standard InChI is InChI=1S/C21H21N3O6S/c1-29-17-9-7-16(8-10-17)23-31(27,28)19-11-12-20(21(15-19)24(25)26)22-13-14-30-18-5-3-2-4-6-18/h2-12,15,22-23H,13-14H2,1H3. The lowest BCUT2D eigenvalue weighted by Crippen LogP contribution is -2.15. The number of benzene rings is 3. The topological polar surface area (TPSA) is 120 Å². The first-order chi connectivity index (χ1) is 14.9. The summed E-state index contributed by atoms with van der Waals surface area (Å²) in [4.78, 5) is 10.6. The Bertz CT molecular complexity index is 1140. The smallest absolute Gasteiger partial charge is 0.293 e. The van der Waals surface area contributed by atoms with Crippen molar-refractivity contribution in [1.29, 1.82) is 0 Å². The van der Waals surface area contributed by atoms with Crippen molar-refractivity contribution in [2.75, 3.05) is 30.3 Å². The van der Waals surface area contributed by atoms with Crippen molar-refractivity contribution in [1.82, 2.24) is 0 Å². The largest absolute Gasteiger partial charge is 0.497 e. The monoisotopic (exact) mass is 443 g/mol. The van der Waals surface area contributed by atoms with Gasteiger partial charge in [0, 0.05) is 18.3 Å². The van der Waals surface area contributed by atoms with Crippen LogP contribution in [0.3, 0.4) is 0 Å². The summed E-state index contributed by atoms with van der Waals surface area (Å²) in [6.07, 6.45) is 0. The second kappa shape index (κ2) is 9.81. The molecule has 0 fully saturated rings. The molecule has 3 aromatic rings. The minimum Gasteiger partial charge on any atom is -0.497 e. The highest BCUT2D eigenvalue weighted by molar-refractivity contribution is 7.92. The average Bonchev–Trinajstić information content (AvgIpc) is 2.77. The summed E-state index contributed by atoms with van der Waals surface area (Å²) in [5, 5.41) is 14.4. The minimum absolute atomic E-state index is 0.199. The molecule has 0 aliphatic rings. The number of hydrogen-bond acceptors (Lipinski definition) is 7. The van der Waals surface area contributed by atoms with E-state index in [0.29, 0.717) is 23.7 Å². The van der Waals surface area contributed by atoms with Gasteiger partial charge in [-0.25, -0.2) is 8.42 Å². The highest BCUT2D eigenvalue weighted by atomic mass is 32.2. The maximum Gasteiger partial charge on any atom is 0.293 e. The minimum atomic E-state index is -4.01. The summed E-state index contributed by atoms with van der Waals surface area (Å²) in [5.74, 6) is 1.26. The molecule has 0 saturated heterocycles. The van der Waals surface area contributed by atoms with E-state index in [1.54, 1.807) is 24.3 Å². The molecule has 3 rings (SSSR count). The first-order valence-electron chi connectivity index (χ1n) is 9.26. The fourth-order valence-corrected chi connectivity index (χ4v) is 3.80. The second-order valence-corrected chi connectivity index (χ2v) is 8.04. The molecule has 0 saturated carbocycles. The van der Waals surface area contributed by atoms with Crippen LogP contribution in [0.2, 0.25) is 0 Å². The van der Waals surface area contributed by atoms with E-state index in [0.717, 1.165) is 6.07 Å². The van der Waals surface area contributed by atoms with E-state index in [4.69, 9.17) is 9.47 Å². The van der Waals surface area contributed by atoms with Crippen molar-refractivity contribution >= 4 is 27.1 Å². The van der Waals surface area contributed by atoms with Crippen LogP contribution in [0.1, 0.15) is 0 Å². The van der Waals surface area contributed by atoms with Crippen LogP contribution >= 0.6 is 0 Å². The first kappa shape index (κ1) is 21.9. The molecule has 0 bridgehead atoms. The predicted molar refractivity (Wildman–Crippen MR) is 117 cm³/mol. The van der Waals surface area contributed by atoms with Gasteiger partial charge in [-0.05, 0) is 48.5 Å². The highest BCUT2D eigenvalue weighted by Gasteiger charge is 2.21. The summed E-state index contributed by atoms with van der Waals surface area (Å²) in [5.41, 5.74) is 0.158. The molecule has 0 unspecified atom stereocenters. The number of rotatable bonds is 10. The number of nitro groups is 1. The zero-order valence-corrected chi connectivity index (χ0v) is 17.5. The SMILES string of the molecule is COc1ccc(NS(=O)(=O)c2ccc(NCCOc3ccccc3)c([N+](=O)[O-])c2)cc1. The van der Waals surface area contributed by atoms with Gasteiger partial charge in [0.25, 0.3) is 15.7 Å². The molecule has 162 valence electrons. The molecule has 10 heteroatoms. The lowest BCUT2D eigenvalue weighted by atomic mass is 10.2. The predicted octanol–water partition coefficient (Wildman–Crippen LogP) is 3.90. The highest BCUT2D eigenvalue weighted by Crippen LogP contribution is 2.28. The van der Waals surface area contributed by atoms with E-state index >= 15 is 0 Å². The van der Waals surface area contributed by atoms with Gasteiger partial charge in [-0.1, -0.05) is 18.2 Å². The van der Waals surface area contributed by atoms with Crippen molar-refractivity contribution < 1.29 is 22.8 Å². The molecule has 0 spiro atoms. The molecule has 0 amide bonds. The van der Waals surface area contributed by atoms with Crippen LogP contribution in [0.25, 0.3) is 0 Å². The number of para-hydroxylation sites is 1. The second-order valence-electron chi connectivity index (χ2n) is 6.36. The molecule has 0 aliphatic carbocycles. The summed E-state index contributed by atoms with van der Waals surface area (Å²) in [6.45, 7) is 0.576. The van der Waals surface area contributed by atoms with Gasteiger partial charge in [-0.3, -0.25) is 14.8 Å². The Balaban J connectivity index is 1.70. The third-order valence-corrected chi connectivity index (χ3v) is 5.63. The summed E-state index contributed by atoms with van der Waals surface area (Å²) < 4.78 is 38.3. The van der Waals surface area contributed by atoms with E-state index in [2.05, 4.69) is 10.0 Å². The maximum atomic E-state index is 12.7. The number of hydrogen-bond donors (Lipinski definition) is 2. The Morgan fingerprint density at radius 2 is 1.68 bits per heavy atom. The van der Waals surface area contributed by atoms with Gasteiger partial charge in [0.2, 0.25) is 0 Å². The first-order valence-corrected chi connectivity index (χ1v) is 10.7. The molecular weight excluding hydrogens is 422 g/mol. The van der Waals surface area contributed by atoms with Crippen molar-refractivity contribution in [2.24, 2.45) is 0 Å². The molecular formula is C21H21N3O6S. The molecule has 0 aliphatic heterocycles. The Labute approximate surface area is 179 Å². The molecule has 0 aromatic heterocycles. The third kappa shape index (κ3) is 5.86. The van der Waals surface area contributed by atoms with Gasteiger partial charge in [-0.15, -0.1) is 0 Å². The molecule has 2 N–H and O–H groups in total. The summed E-state index contributed by atoms with van der Waals surface area (Å²) in [6, 6.07) is 19.1. The molecule has 9 nitrogen and oxygen atoms in total. The Hall–Kier alpha value is -3.79. The van der Waals surface area contributed by atoms with Crippen LogP contribution in [-0.4, -0.2) is 33.6 Å². The van der Waals surface area contributed by atoms with Crippen molar-refractivity contribution in [2.45, 2.75) is 4.90 Å². The molecule has 3 aromatic carbocycles. The van der Waals surface area contributed by atoms with E-state index < -0.39 is 14.9 Å². The number of nitrogens with zero attached hydrogens (tertiary/aromatic N) is 1. The van der Waals surface area contributed by atoms with Gasteiger partial charge < -0.3 is 14.8 Å². The zero-order valence-electron chi connectivity index (χ0n) is 16.6. The van der Waals surface area contributed by atoms with Gasteiger partial charge in [0.1, 0.15) is 23.8 Å². The van der Waals surface area contributed by atoms with Crippen LogP contribution < -0.4 is 19.5 Å². The Morgan fingerprint density at radius 3 is 2.32 bits per heavy atom. The maximum absolute atomic E-state index is 12.7. The van der Waals surface area contributed by atoms with Crippen molar-refractivity contribution in [3.63, 3.8) is 0 Å². The van der Waals surface area contributed by atoms with Crippen molar-refractivity contribution in [3.05, 3.63) is 82.9 Å². The van der Waals surface area contributed by atoms with Crippen LogP contribution in [-0.2, 0) is 10.0 Å². The van der Waals surface area contributed by atoms with Gasteiger partial charge in [0.05, 0.1) is 16.9 Å². The van der Waals surface area contributed by atoms with E-state index in [9.17, 15) is 18.5 Å². The number of sulfonamides is 1. The van der Waals surface area contributed by atoms with Gasteiger partial charge >= 0.3 is 0 Å². The fourth-order valence-electron chi connectivity index (χ4n) is 2.72. The fraction of sp³-hybridized carbons (Fsp3) is 0.143. The van der Waals surface area contributed by atoms with Crippen LogP contribution in [0.5, 0.6) is 11.5 Å². The van der Waals surface area contributed by atoms with E-state index in [1.165, 1.54) is 31.4 Å². The van der Waals surface area contributed by atoms with Crippen molar-refractivity contribution in [3.8, 4) is 11.5 Å². The quantitative estimate of drug-likeness (QED) is 0.277. The Morgan fingerprint density at radius 1 is 0.968 bits per heavy atom. The van der Waals surface area contributed by atoms with Gasteiger partial charge in [0.15, 0.2) is 0 Å². The lowest BCUT2D eigenvalue weighted by molar-refractivity contribution is -0.384. The summed E-state index contributed by atoms with van der Waals surface area (Å²) >= 11 is 0. The third-order valence-electron chi connectivity index (χ3n) is 4.25. The molecule has 0 heterocycles. The van der Waals surface area contributed by atoms with Crippen LogP contribution in [0.4, 0.5) is 17.1 Å².